The first-order valence-electron chi connectivity index (χ1n) is 22.5. The Morgan fingerprint density at radius 1 is 0.632 bits per heavy atom. The number of nitro groups is 1. The van der Waals surface area contributed by atoms with Crippen molar-refractivity contribution in [2.24, 2.45) is 40.9 Å². The Hall–Kier alpha value is -2.39. The lowest BCUT2D eigenvalue weighted by molar-refractivity contribution is -0.528. The predicted molar refractivity (Wildman–Crippen MR) is 210 cm³/mol. The highest BCUT2D eigenvalue weighted by Crippen LogP contribution is 2.49. The van der Waals surface area contributed by atoms with Crippen LogP contribution in [0.3, 0.4) is 0 Å². The molecule has 6 atom stereocenters. The van der Waals surface area contributed by atoms with Gasteiger partial charge in [0.2, 0.25) is 11.9 Å². The first kappa shape index (κ1) is 44.2. The van der Waals surface area contributed by atoms with Gasteiger partial charge in [-0.1, -0.05) is 13.8 Å². The van der Waals surface area contributed by atoms with Crippen molar-refractivity contribution in [2.75, 3.05) is 6.61 Å². The van der Waals surface area contributed by atoms with Crippen LogP contribution in [0.5, 0.6) is 0 Å². The van der Waals surface area contributed by atoms with E-state index < -0.39 is 46.8 Å². The predicted octanol–water partition coefficient (Wildman–Crippen LogP) is 6.43. The van der Waals surface area contributed by atoms with E-state index in [9.17, 15) is 39.8 Å². The van der Waals surface area contributed by atoms with Crippen molar-refractivity contribution in [3.8, 4) is 0 Å². The fourth-order valence-corrected chi connectivity index (χ4v) is 11.6. The van der Waals surface area contributed by atoms with Gasteiger partial charge in [0.05, 0.1) is 54.9 Å². The number of aliphatic hydroxyl groups excluding tert-OH is 1. The van der Waals surface area contributed by atoms with Crippen LogP contribution in [0.25, 0.3) is 0 Å². The minimum absolute atomic E-state index is 0.0125. The van der Waals surface area contributed by atoms with Crippen LogP contribution in [0.15, 0.2) is 0 Å². The largest absolute Gasteiger partial charge is 0.481 e. The van der Waals surface area contributed by atoms with Gasteiger partial charge in [-0.2, -0.15) is 5.48 Å². The van der Waals surface area contributed by atoms with Crippen LogP contribution in [0.4, 0.5) is 0 Å². The second-order valence-corrected chi connectivity index (χ2v) is 19.4. The highest BCUT2D eigenvalue weighted by Gasteiger charge is 2.45. The van der Waals surface area contributed by atoms with Gasteiger partial charge in [-0.25, -0.2) is 0 Å². The third kappa shape index (κ3) is 11.9. The second-order valence-electron chi connectivity index (χ2n) is 19.4. The molecule has 6 aliphatic carbocycles. The molecule has 0 heterocycles. The summed E-state index contributed by atoms with van der Waals surface area (Å²) in [4.78, 5) is 53.2. The van der Waals surface area contributed by atoms with Crippen LogP contribution in [-0.2, 0) is 28.7 Å². The number of amides is 1. The summed E-state index contributed by atoms with van der Waals surface area (Å²) in [7, 11) is 0. The van der Waals surface area contributed by atoms with Gasteiger partial charge < -0.3 is 34.9 Å². The molecule has 6 aliphatic rings. The summed E-state index contributed by atoms with van der Waals surface area (Å²) in [5, 5.41) is 43.4. The number of rotatable bonds is 15. The fourth-order valence-electron chi connectivity index (χ4n) is 11.6. The number of carboxylic acid groups (broad SMARTS) is 2. The average Bonchev–Trinajstić information content (AvgIpc) is 3.20. The monoisotopic (exact) mass is 806 g/mol. The van der Waals surface area contributed by atoms with Gasteiger partial charge in [-0.3, -0.25) is 24.5 Å². The van der Waals surface area contributed by atoms with Gasteiger partial charge in [-0.05, 0) is 152 Å². The summed E-state index contributed by atoms with van der Waals surface area (Å²) in [5.41, 5.74) is 3.48. The molecule has 6 fully saturated rings. The van der Waals surface area contributed by atoms with Crippen molar-refractivity contribution < 1.29 is 48.9 Å². The summed E-state index contributed by atoms with van der Waals surface area (Å²) >= 11 is 0. The lowest BCUT2D eigenvalue weighted by atomic mass is 9.60. The quantitative estimate of drug-likeness (QED) is 0.0897. The average molecular weight is 806 g/mol. The lowest BCUT2D eigenvalue weighted by Gasteiger charge is -2.47. The van der Waals surface area contributed by atoms with E-state index >= 15 is 0 Å². The van der Waals surface area contributed by atoms with Crippen LogP contribution >= 0.6 is 0 Å². The van der Waals surface area contributed by atoms with Crippen LogP contribution in [0, 0.1) is 51.0 Å². The molecule has 0 bridgehead atoms. The topological polar surface area (TPSA) is 207 Å². The van der Waals surface area contributed by atoms with Crippen molar-refractivity contribution in [2.45, 2.75) is 204 Å². The SMILES string of the molecule is CC(C)(C1CCC(OC2CCC(NOCC3CCC(O)CC3C(=O)O)CC2)CC1)C1CCC(OC2CCC(NC(=O)C3CCC([N+](=O)[O-])CC3C(=O)O)CC2)CC1. The molecule has 324 valence electrons. The maximum Gasteiger partial charge on any atom is 0.307 e. The fraction of sp³-hybridized carbons (Fsp3) is 0.930. The minimum atomic E-state index is -1.13. The number of hydrogen-bond acceptors (Lipinski definition) is 10. The zero-order valence-electron chi connectivity index (χ0n) is 34.4. The number of aliphatic carboxylic acids is 2. The van der Waals surface area contributed by atoms with Crippen molar-refractivity contribution >= 4 is 17.8 Å². The summed E-state index contributed by atoms with van der Waals surface area (Å²) in [5.74, 6) is -3.21. The Bertz CT molecular complexity index is 1330. The summed E-state index contributed by atoms with van der Waals surface area (Å²) in [6.45, 7) is 5.34. The molecule has 0 spiro atoms. The van der Waals surface area contributed by atoms with E-state index in [0.29, 0.717) is 49.9 Å². The molecule has 6 unspecified atom stereocenters. The molecule has 0 saturated heterocycles. The Morgan fingerprint density at radius 3 is 1.61 bits per heavy atom. The zero-order chi connectivity index (χ0) is 40.7. The second kappa shape index (κ2) is 20.2. The van der Waals surface area contributed by atoms with Crippen LogP contribution < -0.4 is 10.8 Å². The van der Waals surface area contributed by atoms with Crippen LogP contribution in [-0.4, -0.2) is 93.3 Å². The van der Waals surface area contributed by atoms with E-state index in [-0.39, 0.29) is 60.8 Å². The molecule has 0 aromatic carbocycles. The Kier molecular flexibility index (Phi) is 15.7. The van der Waals surface area contributed by atoms with Gasteiger partial charge in [0.1, 0.15) is 0 Å². The minimum Gasteiger partial charge on any atom is -0.481 e. The molecule has 1 amide bonds. The number of nitrogens with zero attached hydrogens (tertiary/aromatic N) is 1. The van der Waals surface area contributed by atoms with Crippen molar-refractivity contribution in [3.63, 3.8) is 0 Å². The molecule has 57 heavy (non-hydrogen) atoms. The van der Waals surface area contributed by atoms with E-state index in [1.165, 1.54) is 25.7 Å². The Labute approximate surface area is 338 Å². The number of hydrogen-bond donors (Lipinski definition) is 5. The maximum atomic E-state index is 13.1. The number of nitrogens with one attached hydrogen (secondary N) is 2. The number of carbonyl (C=O) groups is 3. The number of carboxylic acids is 2. The van der Waals surface area contributed by atoms with E-state index in [4.69, 9.17) is 14.3 Å². The summed E-state index contributed by atoms with van der Waals surface area (Å²) in [6, 6.07) is -0.650. The summed E-state index contributed by atoms with van der Waals surface area (Å²) in [6.07, 6.45) is 19.1. The third-order valence-corrected chi connectivity index (χ3v) is 15.5. The van der Waals surface area contributed by atoms with Crippen LogP contribution in [0.1, 0.15) is 155 Å². The van der Waals surface area contributed by atoms with Gasteiger partial charge in [0.25, 0.3) is 0 Å². The van der Waals surface area contributed by atoms with Crippen molar-refractivity contribution in [1.82, 2.24) is 10.8 Å². The summed E-state index contributed by atoms with van der Waals surface area (Å²) < 4.78 is 13.3. The van der Waals surface area contributed by atoms with E-state index in [0.717, 1.165) is 77.0 Å². The third-order valence-electron chi connectivity index (χ3n) is 15.5. The number of aliphatic hydroxyl groups is 1. The molecule has 14 nitrogen and oxygen atoms in total. The molecule has 14 heteroatoms. The normalized spacial score (nSPS) is 39.5. The highest BCUT2D eigenvalue weighted by atomic mass is 16.6. The zero-order valence-corrected chi connectivity index (χ0v) is 34.4. The van der Waals surface area contributed by atoms with Crippen molar-refractivity contribution in [3.05, 3.63) is 10.1 Å². The highest BCUT2D eigenvalue weighted by molar-refractivity contribution is 5.85. The van der Waals surface area contributed by atoms with Crippen LogP contribution in [0.2, 0.25) is 0 Å². The Morgan fingerprint density at radius 2 is 1.12 bits per heavy atom. The van der Waals surface area contributed by atoms with E-state index in [1.807, 2.05) is 0 Å². The standard InChI is InChI=1S/C43H71N3O11/c1-43(2,28-6-16-34(17-7-28)57-36-20-10-30(11-21-36)45-55-25-26-3-13-32(47)24-38(26)41(49)50)27-4-14-33(15-5-27)56-35-18-8-29(9-19-35)44-40(48)37-22-12-31(46(53)54)23-39(37)42(51)52/h26-39,45,47H,3-25H2,1-2H3,(H,44,48)(H,49,50)(H,51,52). The lowest BCUT2D eigenvalue weighted by Crippen LogP contribution is -2.48. The molecule has 0 aromatic rings. The first-order valence-corrected chi connectivity index (χ1v) is 22.5. The van der Waals surface area contributed by atoms with Gasteiger partial charge in [0, 0.05) is 29.8 Å². The van der Waals surface area contributed by atoms with Gasteiger partial charge >= 0.3 is 11.9 Å². The number of ether oxygens (including phenoxy) is 2. The first-order chi connectivity index (χ1) is 27.3. The van der Waals surface area contributed by atoms with Gasteiger partial charge in [0.15, 0.2) is 0 Å². The number of hydroxylamine groups is 1. The number of carbonyl (C=O) groups excluding carboxylic acids is 1. The molecule has 0 aromatic heterocycles. The van der Waals surface area contributed by atoms with Crippen molar-refractivity contribution in [1.29, 1.82) is 0 Å². The molecule has 0 aliphatic heterocycles. The molecule has 0 radical (unpaired) electrons. The molecular formula is C43H71N3O11. The van der Waals surface area contributed by atoms with E-state index in [2.05, 4.69) is 24.6 Å². The van der Waals surface area contributed by atoms with Gasteiger partial charge in [-0.15, -0.1) is 0 Å². The molecule has 6 rings (SSSR count). The maximum absolute atomic E-state index is 13.1. The Balaban J connectivity index is 0.827. The van der Waals surface area contributed by atoms with E-state index in [1.54, 1.807) is 0 Å². The molecule has 6 saturated carbocycles. The molecule has 5 N–H and O–H groups in total. The smallest absolute Gasteiger partial charge is 0.307 e. The molecular weight excluding hydrogens is 734 g/mol.